The Kier molecular flexibility index (Phi) is 6.72. The zero-order valence-electron chi connectivity index (χ0n) is 18.1. The number of fused-ring (bicyclic) bond motifs is 1. The van der Waals surface area contributed by atoms with E-state index >= 15 is 0 Å². The number of aliphatic imine (C=N–C) groups is 1. The lowest BCUT2D eigenvalue weighted by atomic mass is 9.86. The number of hydrogen-bond donors (Lipinski definition) is 2. The second-order valence-corrected chi connectivity index (χ2v) is 9.26. The third kappa shape index (κ3) is 4.62. The van der Waals surface area contributed by atoms with Gasteiger partial charge in [0.2, 0.25) is 5.91 Å². The summed E-state index contributed by atoms with van der Waals surface area (Å²) in [4.78, 5) is 20.7. The van der Waals surface area contributed by atoms with E-state index in [4.69, 9.17) is 17.3 Å². The van der Waals surface area contributed by atoms with Gasteiger partial charge in [-0.1, -0.05) is 17.7 Å². The number of amides is 1. The average molecular weight is 455 g/mol. The smallest absolute Gasteiger partial charge is 0.241 e. The van der Waals surface area contributed by atoms with Gasteiger partial charge < -0.3 is 11.1 Å². The molecule has 0 spiro atoms. The van der Waals surface area contributed by atoms with Crippen LogP contribution in [0.1, 0.15) is 38.2 Å². The molecule has 5 atom stereocenters. The Balaban J connectivity index is 1.39. The molecule has 2 saturated carbocycles. The zero-order chi connectivity index (χ0) is 22.8. The zero-order valence-corrected chi connectivity index (χ0v) is 18.9. The van der Waals surface area contributed by atoms with Crippen LogP contribution in [0, 0.1) is 29.5 Å². The molecular weight excluding hydrogens is 427 g/mol. The highest BCUT2D eigenvalue weighted by Crippen LogP contribution is 2.53. The van der Waals surface area contributed by atoms with Crippen molar-refractivity contribution in [2.45, 2.75) is 38.6 Å². The van der Waals surface area contributed by atoms with E-state index in [0.717, 1.165) is 36.8 Å². The van der Waals surface area contributed by atoms with Crippen molar-refractivity contribution in [1.29, 1.82) is 0 Å². The highest BCUT2D eigenvalue weighted by molar-refractivity contribution is 6.29. The molecule has 4 rings (SSSR count). The Morgan fingerprint density at radius 1 is 1.28 bits per heavy atom. The number of aromatic nitrogens is 1. The molecule has 1 amide bonds. The van der Waals surface area contributed by atoms with E-state index in [1.165, 1.54) is 12.3 Å². The number of allylic oxidation sites excluding steroid dienone is 2. The van der Waals surface area contributed by atoms with E-state index in [1.807, 2.05) is 6.92 Å². The summed E-state index contributed by atoms with van der Waals surface area (Å²) in [6, 6.07) is 7.44. The number of pyridine rings is 1. The molecule has 168 valence electrons. The van der Waals surface area contributed by atoms with E-state index < -0.39 is 6.04 Å². The Hall–Kier alpha value is -2.57. The number of nitrogens with zero attached hydrogens (tertiary/aromatic N) is 2. The summed E-state index contributed by atoms with van der Waals surface area (Å²) in [5.74, 6) is 1.09. The monoisotopic (exact) mass is 454 g/mol. The first-order valence-electron chi connectivity index (χ1n) is 11.0. The fourth-order valence-electron chi connectivity index (χ4n) is 5.59. The van der Waals surface area contributed by atoms with Crippen LogP contribution in [0.25, 0.3) is 5.57 Å². The minimum Gasteiger partial charge on any atom is -0.323 e. The lowest BCUT2D eigenvalue weighted by Crippen LogP contribution is -2.41. The molecule has 0 saturated heterocycles. The predicted octanol–water partition coefficient (Wildman–Crippen LogP) is 5.63. The van der Waals surface area contributed by atoms with Gasteiger partial charge in [0, 0.05) is 5.56 Å². The molecular formula is C25H28ClFN4O. The van der Waals surface area contributed by atoms with Gasteiger partial charge in [-0.15, -0.1) is 0 Å². The fourth-order valence-corrected chi connectivity index (χ4v) is 5.70. The topological polar surface area (TPSA) is 80.4 Å². The van der Waals surface area contributed by atoms with E-state index in [1.54, 1.807) is 24.3 Å². The molecule has 0 aliphatic heterocycles. The van der Waals surface area contributed by atoms with Gasteiger partial charge in [0.25, 0.3) is 0 Å². The number of carbonyl (C=O) groups excluding carboxylic acids is 1. The molecule has 1 aromatic heterocycles. The summed E-state index contributed by atoms with van der Waals surface area (Å²) >= 11 is 5.80. The van der Waals surface area contributed by atoms with Crippen molar-refractivity contribution in [3.8, 4) is 0 Å². The Labute approximate surface area is 193 Å². The van der Waals surface area contributed by atoms with Gasteiger partial charge in [-0.05, 0) is 98.9 Å². The Bertz CT molecular complexity index is 1020. The molecule has 0 radical (unpaired) electrons. The number of benzene rings is 1. The summed E-state index contributed by atoms with van der Waals surface area (Å²) in [5, 5.41) is 3.22. The Morgan fingerprint density at radius 3 is 2.59 bits per heavy atom. The first-order valence-corrected chi connectivity index (χ1v) is 11.4. The quantitative estimate of drug-likeness (QED) is 0.438. The number of nitrogens with two attached hydrogens (primary N) is 1. The van der Waals surface area contributed by atoms with Crippen LogP contribution in [0.3, 0.4) is 0 Å². The average Bonchev–Trinajstić information content (AvgIpc) is 3.35. The van der Waals surface area contributed by atoms with Crippen molar-refractivity contribution >= 4 is 41.2 Å². The maximum absolute atomic E-state index is 13.9. The second-order valence-electron chi connectivity index (χ2n) is 8.87. The molecule has 0 bridgehead atoms. The van der Waals surface area contributed by atoms with Crippen molar-refractivity contribution in [2.75, 3.05) is 5.32 Å². The molecule has 2 aromatic rings. The van der Waals surface area contributed by atoms with Gasteiger partial charge >= 0.3 is 0 Å². The SMILES string of the molecule is C=Nc1ccc(F)cc1/C(=C\C)C1C[C@@H]2CC(C(N)C(=O)Nc3ccc(Cl)nc3)C[C@@H]2C1. The number of rotatable bonds is 6. The number of anilines is 1. The molecule has 3 unspecified atom stereocenters. The molecule has 2 aliphatic rings. The minimum atomic E-state index is -0.560. The van der Waals surface area contributed by atoms with Crippen LogP contribution in [-0.2, 0) is 4.79 Å². The summed E-state index contributed by atoms with van der Waals surface area (Å²) in [7, 11) is 0. The van der Waals surface area contributed by atoms with Gasteiger partial charge in [-0.25, -0.2) is 9.37 Å². The number of nitrogens with one attached hydrogen (secondary N) is 1. The summed E-state index contributed by atoms with van der Waals surface area (Å²) in [6.45, 7) is 5.64. The van der Waals surface area contributed by atoms with Gasteiger partial charge in [0.15, 0.2) is 0 Å². The maximum atomic E-state index is 13.9. The largest absolute Gasteiger partial charge is 0.323 e. The normalized spacial score (nSPS) is 25.9. The van der Waals surface area contributed by atoms with Crippen molar-refractivity contribution < 1.29 is 9.18 Å². The molecule has 32 heavy (non-hydrogen) atoms. The van der Waals surface area contributed by atoms with Crippen molar-refractivity contribution in [2.24, 2.45) is 34.4 Å². The molecule has 2 aliphatic carbocycles. The molecule has 1 aromatic carbocycles. The van der Waals surface area contributed by atoms with Gasteiger partial charge in [-0.2, -0.15) is 0 Å². The molecule has 3 N–H and O–H groups in total. The molecule has 7 heteroatoms. The summed E-state index contributed by atoms with van der Waals surface area (Å²) < 4.78 is 13.9. The maximum Gasteiger partial charge on any atom is 0.241 e. The number of halogens is 2. The number of carbonyl (C=O) groups is 1. The first kappa shape index (κ1) is 22.6. The lowest BCUT2D eigenvalue weighted by molar-refractivity contribution is -0.118. The van der Waals surface area contributed by atoms with Crippen molar-refractivity contribution in [3.05, 3.63) is 59.1 Å². The summed E-state index contributed by atoms with van der Waals surface area (Å²) in [6.07, 6.45) is 7.50. The first-order chi connectivity index (χ1) is 15.4. The predicted molar refractivity (Wildman–Crippen MR) is 128 cm³/mol. The number of hydrogen-bond acceptors (Lipinski definition) is 4. The van der Waals surface area contributed by atoms with Gasteiger partial charge in [0.1, 0.15) is 11.0 Å². The molecule has 1 heterocycles. The van der Waals surface area contributed by atoms with E-state index in [0.29, 0.717) is 34.3 Å². The van der Waals surface area contributed by atoms with Crippen LogP contribution in [0.15, 0.2) is 47.6 Å². The van der Waals surface area contributed by atoms with E-state index in [9.17, 15) is 9.18 Å². The van der Waals surface area contributed by atoms with Crippen LogP contribution in [0.5, 0.6) is 0 Å². The van der Waals surface area contributed by atoms with Crippen molar-refractivity contribution in [3.63, 3.8) is 0 Å². The van der Waals surface area contributed by atoms with Crippen LogP contribution in [0.4, 0.5) is 15.8 Å². The standard InChI is InChI=1S/C25H28ClFN4O/c1-3-20(21-12-18(27)4-6-22(21)29-2)16-8-14-10-17(11-15(14)9-16)24(28)25(32)31-19-5-7-23(26)30-13-19/h3-7,12-17,24H,2,8-11,28H2,1H3,(H,31,32)/b20-3-/t14-,15+,16?,17?,24?. The minimum absolute atomic E-state index is 0.153. The van der Waals surface area contributed by atoms with Gasteiger partial charge in [-0.3, -0.25) is 9.79 Å². The van der Waals surface area contributed by atoms with Crippen molar-refractivity contribution in [1.82, 2.24) is 4.98 Å². The highest BCUT2D eigenvalue weighted by Gasteiger charge is 2.45. The Morgan fingerprint density at radius 2 is 2.00 bits per heavy atom. The van der Waals surface area contributed by atoms with Crippen LogP contribution in [0.2, 0.25) is 5.15 Å². The highest BCUT2D eigenvalue weighted by atomic mass is 35.5. The van der Waals surface area contributed by atoms with Gasteiger partial charge in [0.05, 0.1) is 23.6 Å². The third-order valence-corrected chi connectivity index (χ3v) is 7.27. The van der Waals surface area contributed by atoms with E-state index in [-0.39, 0.29) is 17.6 Å². The molecule has 2 fully saturated rings. The third-order valence-electron chi connectivity index (χ3n) is 7.05. The lowest BCUT2D eigenvalue weighted by Gasteiger charge is -2.22. The second kappa shape index (κ2) is 9.51. The van der Waals surface area contributed by atoms with Crippen LogP contribution in [-0.4, -0.2) is 23.7 Å². The molecule has 5 nitrogen and oxygen atoms in total. The van der Waals surface area contributed by atoms with Crippen LogP contribution >= 0.6 is 11.6 Å². The fraction of sp³-hybridized carbons (Fsp3) is 0.400. The van der Waals surface area contributed by atoms with E-state index in [2.05, 4.69) is 28.1 Å². The summed E-state index contributed by atoms with van der Waals surface area (Å²) in [5.41, 5.74) is 9.61. The van der Waals surface area contributed by atoms with Crippen LogP contribution < -0.4 is 11.1 Å².